The first-order valence-electron chi connectivity index (χ1n) is 9.19. The number of nitrogens with zero attached hydrogens (tertiary/aromatic N) is 1. The zero-order chi connectivity index (χ0) is 22.0. The van der Waals surface area contributed by atoms with Gasteiger partial charge in [-0.15, -0.1) is 11.8 Å². The van der Waals surface area contributed by atoms with Gasteiger partial charge in [-0.2, -0.15) is 13.2 Å². The topological polar surface area (TPSA) is 58.6 Å². The molecule has 1 N–H and O–H groups in total. The van der Waals surface area contributed by atoms with Crippen LogP contribution in [0.4, 0.5) is 18.9 Å². The summed E-state index contributed by atoms with van der Waals surface area (Å²) in [5.74, 6) is -0.435. The van der Waals surface area contributed by atoms with E-state index in [0.717, 1.165) is 18.6 Å². The number of allylic oxidation sites excluding steroid dienone is 1. The summed E-state index contributed by atoms with van der Waals surface area (Å²) in [7, 11) is 0. The Morgan fingerprint density at radius 2 is 2.00 bits per heavy atom. The summed E-state index contributed by atoms with van der Waals surface area (Å²) in [5, 5.41) is 2.67. The Kier molecular flexibility index (Phi) is 6.93. The number of amides is 2. The number of anilines is 1. The molecule has 1 aromatic carbocycles. The second-order valence-corrected chi connectivity index (χ2v) is 8.77. The van der Waals surface area contributed by atoms with Crippen LogP contribution in [0, 0.1) is 0 Å². The van der Waals surface area contributed by atoms with Gasteiger partial charge in [0.25, 0.3) is 5.91 Å². The summed E-state index contributed by atoms with van der Waals surface area (Å²) >= 11 is 1.38. The minimum absolute atomic E-state index is 0.00389. The number of carbonyl (C=O) groups excluding carboxylic acids is 2. The van der Waals surface area contributed by atoms with E-state index in [4.69, 9.17) is 4.74 Å². The molecule has 0 spiro atoms. The zero-order valence-corrected chi connectivity index (χ0v) is 17.8. The van der Waals surface area contributed by atoms with Crippen LogP contribution >= 0.6 is 11.8 Å². The van der Waals surface area contributed by atoms with Crippen molar-refractivity contribution in [3.8, 4) is 0 Å². The lowest BCUT2D eigenvalue weighted by molar-refractivity contribution is -0.148. The standard InChI is InChI=1S/C20H25F3N2O3S/c1-6-12(2)29-16-13(3)28-11-25(17(16)26)19(4,5)18(27)24-15-9-7-8-14(10-15)20(21,22)23/h7-10,12H,6,11H2,1-5H3,(H,24,27). The third kappa shape index (κ3) is 5.26. The average molecular weight is 430 g/mol. The van der Waals surface area contributed by atoms with Crippen LogP contribution in [0.3, 0.4) is 0 Å². The second kappa shape index (κ2) is 8.69. The molecule has 1 atom stereocenters. The maximum Gasteiger partial charge on any atom is 0.416 e. The fraction of sp³-hybridized carbons (Fsp3) is 0.500. The molecule has 29 heavy (non-hydrogen) atoms. The molecule has 1 heterocycles. The van der Waals surface area contributed by atoms with E-state index in [0.29, 0.717) is 10.7 Å². The molecule has 9 heteroatoms. The molecule has 1 aliphatic heterocycles. The van der Waals surface area contributed by atoms with Gasteiger partial charge in [0.2, 0.25) is 5.91 Å². The number of hydrogen-bond acceptors (Lipinski definition) is 4. The molecule has 0 bridgehead atoms. The van der Waals surface area contributed by atoms with E-state index >= 15 is 0 Å². The van der Waals surface area contributed by atoms with Gasteiger partial charge in [0.1, 0.15) is 16.2 Å². The highest BCUT2D eigenvalue weighted by atomic mass is 32.2. The van der Waals surface area contributed by atoms with Gasteiger partial charge in [0.05, 0.1) is 5.56 Å². The monoisotopic (exact) mass is 430 g/mol. The van der Waals surface area contributed by atoms with Gasteiger partial charge in [-0.25, -0.2) is 0 Å². The lowest BCUT2D eigenvalue weighted by Gasteiger charge is -2.40. The van der Waals surface area contributed by atoms with Crippen LogP contribution in [0.15, 0.2) is 34.9 Å². The molecule has 2 rings (SSSR count). The molecule has 0 saturated heterocycles. The van der Waals surface area contributed by atoms with Crippen LogP contribution in [-0.2, 0) is 20.5 Å². The number of thioether (sulfide) groups is 1. The molecule has 1 aromatic rings. The molecular formula is C20H25F3N2O3S. The molecule has 5 nitrogen and oxygen atoms in total. The predicted molar refractivity (Wildman–Crippen MR) is 107 cm³/mol. The van der Waals surface area contributed by atoms with Crippen LogP contribution in [0.25, 0.3) is 0 Å². The summed E-state index contributed by atoms with van der Waals surface area (Å²) in [6.07, 6.45) is -3.66. The third-order valence-corrected chi connectivity index (χ3v) is 6.17. The molecule has 0 saturated carbocycles. The third-order valence-electron chi connectivity index (χ3n) is 4.74. The van der Waals surface area contributed by atoms with E-state index in [1.54, 1.807) is 6.92 Å². The number of hydrogen-bond donors (Lipinski definition) is 1. The van der Waals surface area contributed by atoms with E-state index in [2.05, 4.69) is 5.32 Å². The van der Waals surface area contributed by atoms with E-state index in [1.807, 2.05) is 13.8 Å². The molecular weight excluding hydrogens is 405 g/mol. The van der Waals surface area contributed by atoms with Gasteiger partial charge in [0, 0.05) is 10.9 Å². The summed E-state index contributed by atoms with van der Waals surface area (Å²) < 4.78 is 44.3. The molecule has 0 radical (unpaired) electrons. The number of halogens is 3. The van der Waals surface area contributed by atoms with Gasteiger partial charge in [-0.05, 0) is 45.4 Å². The molecule has 1 unspecified atom stereocenters. The fourth-order valence-electron chi connectivity index (χ4n) is 2.57. The lowest BCUT2D eigenvalue weighted by atomic mass is 10.0. The Bertz CT molecular complexity index is 821. The molecule has 0 aromatic heterocycles. The van der Waals surface area contributed by atoms with Crippen LogP contribution in [0.5, 0.6) is 0 Å². The Balaban J connectivity index is 2.22. The van der Waals surface area contributed by atoms with Crippen molar-refractivity contribution in [3.05, 3.63) is 40.5 Å². The minimum Gasteiger partial charge on any atom is -0.476 e. The number of benzene rings is 1. The van der Waals surface area contributed by atoms with Crippen molar-refractivity contribution in [2.75, 3.05) is 12.0 Å². The first-order valence-corrected chi connectivity index (χ1v) is 10.1. The predicted octanol–water partition coefficient (Wildman–Crippen LogP) is 5.00. The quantitative estimate of drug-likeness (QED) is 0.690. The number of carbonyl (C=O) groups is 2. The van der Waals surface area contributed by atoms with Crippen molar-refractivity contribution in [3.63, 3.8) is 0 Å². The normalized spacial score (nSPS) is 16.6. The SMILES string of the molecule is CCC(C)SC1=C(C)OCN(C(C)(C)C(=O)Nc2cccc(C(F)(F)F)c2)C1=O. The highest BCUT2D eigenvalue weighted by Crippen LogP contribution is 2.35. The lowest BCUT2D eigenvalue weighted by Crippen LogP contribution is -2.57. The van der Waals surface area contributed by atoms with Crippen molar-refractivity contribution >= 4 is 29.3 Å². The zero-order valence-electron chi connectivity index (χ0n) is 17.0. The maximum absolute atomic E-state index is 13.0. The summed E-state index contributed by atoms with van der Waals surface area (Å²) in [6, 6.07) is 4.37. The Morgan fingerprint density at radius 3 is 2.59 bits per heavy atom. The number of alkyl halides is 3. The highest BCUT2D eigenvalue weighted by molar-refractivity contribution is 8.04. The fourth-order valence-corrected chi connectivity index (χ4v) is 3.58. The van der Waals surface area contributed by atoms with Crippen LogP contribution < -0.4 is 5.32 Å². The number of ether oxygens (including phenoxy) is 1. The summed E-state index contributed by atoms with van der Waals surface area (Å²) in [6.45, 7) is 8.65. The van der Waals surface area contributed by atoms with Crippen molar-refractivity contribution in [2.24, 2.45) is 0 Å². The molecule has 160 valence electrons. The van der Waals surface area contributed by atoms with Gasteiger partial charge in [0.15, 0.2) is 6.73 Å². The van der Waals surface area contributed by atoms with Gasteiger partial charge in [-0.1, -0.05) is 19.9 Å². The van der Waals surface area contributed by atoms with Crippen LogP contribution in [0.2, 0.25) is 0 Å². The smallest absolute Gasteiger partial charge is 0.416 e. The van der Waals surface area contributed by atoms with Crippen molar-refractivity contribution in [1.29, 1.82) is 0 Å². The number of rotatable bonds is 6. The average Bonchev–Trinajstić information content (AvgIpc) is 2.64. The Hall–Kier alpha value is -2.16. The number of nitrogens with one attached hydrogen (secondary N) is 1. The van der Waals surface area contributed by atoms with E-state index in [1.165, 1.54) is 42.6 Å². The Morgan fingerprint density at radius 1 is 1.34 bits per heavy atom. The largest absolute Gasteiger partial charge is 0.476 e. The van der Waals surface area contributed by atoms with E-state index in [-0.39, 0.29) is 23.6 Å². The van der Waals surface area contributed by atoms with Crippen LogP contribution in [0.1, 0.15) is 46.6 Å². The van der Waals surface area contributed by atoms with Gasteiger partial charge in [-0.3, -0.25) is 14.5 Å². The van der Waals surface area contributed by atoms with Crippen molar-refractivity contribution < 1.29 is 27.5 Å². The first-order chi connectivity index (χ1) is 13.4. The minimum atomic E-state index is -4.52. The van der Waals surface area contributed by atoms with Gasteiger partial charge >= 0.3 is 6.18 Å². The Labute approximate surface area is 172 Å². The molecule has 0 fully saturated rings. The van der Waals surface area contributed by atoms with Gasteiger partial charge < -0.3 is 10.1 Å². The summed E-state index contributed by atoms with van der Waals surface area (Å²) in [4.78, 5) is 27.6. The second-order valence-electron chi connectivity index (χ2n) is 7.32. The molecule has 2 amide bonds. The summed E-state index contributed by atoms with van der Waals surface area (Å²) in [5.41, 5.74) is -2.20. The van der Waals surface area contributed by atoms with Crippen molar-refractivity contribution in [2.45, 2.75) is 58.0 Å². The highest BCUT2D eigenvalue weighted by Gasteiger charge is 2.42. The first kappa shape index (κ1) is 23.1. The van der Waals surface area contributed by atoms with Crippen molar-refractivity contribution in [1.82, 2.24) is 4.90 Å². The van der Waals surface area contributed by atoms with E-state index < -0.39 is 23.2 Å². The van der Waals surface area contributed by atoms with Crippen LogP contribution in [-0.4, -0.2) is 34.2 Å². The maximum atomic E-state index is 13.0. The van der Waals surface area contributed by atoms with E-state index in [9.17, 15) is 22.8 Å². The molecule has 1 aliphatic rings. The molecule has 0 aliphatic carbocycles.